The summed E-state index contributed by atoms with van der Waals surface area (Å²) in [7, 11) is 1.35. The van der Waals surface area contributed by atoms with Crippen LogP contribution in [0.15, 0.2) is 0 Å². The van der Waals surface area contributed by atoms with E-state index in [0.29, 0.717) is 48.3 Å². The van der Waals surface area contributed by atoms with Crippen molar-refractivity contribution in [1.82, 2.24) is 14.9 Å². The van der Waals surface area contributed by atoms with Crippen LogP contribution in [0.4, 0.5) is 10.6 Å². The first kappa shape index (κ1) is 18.7. The SMILES string of the molecule is CCOC(=O)N1CCN(c2nc(Cl)nc3sc(C(=O)OC)c(C)c23)CC1. The Bertz CT molecular complexity index is 848. The van der Waals surface area contributed by atoms with Gasteiger partial charge in [-0.3, -0.25) is 0 Å². The Kier molecular flexibility index (Phi) is 5.47. The van der Waals surface area contributed by atoms with Gasteiger partial charge in [-0.25, -0.2) is 14.6 Å². The molecule has 10 heteroatoms. The lowest BCUT2D eigenvalue weighted by atomic mass is 10.2. The fraction of sp³-hybridized carbons (Fsp3) is 0.500. The summed E-state index contributed by atoms with van der Waals surface area (Å²) in [6.07, 6.45) is -0.308. The smallest absolute Gasteiger partial charge is 0.409 e. The van der Waals surface area contributed by atoms with E-state index in [9.17, 15) is 9.59 Å². The molecule has 140 valence electrons. The molecule has 2 aromatic rings. The van der Waals surface area contributed by atoms with Crippen molar-refractivity contribution in [3.8, 4) is 0 Å². The molecule has 0 aromatic carbocycles. The van der Waals surface area contributed by atoms with Crippen LogP contribution in [-0.2, 0) is 9.47 Å². The van der Waals surface area contributed by atoms with E-state index in [4.69, 9.17) is 21.1 Å². The van der Waals surface area contributed by atoms with Gasteiger partial charge in [0.05, 0.1) is 19.1 Å². The average molecular weight is 399 g/mol. The van der Waals surface area contributed by atoms with Gasteiger partial charge in [-0.15, -0.1) is 11.3 Å². The minimum absolute atomic E-state index is 0.123. The van der Waals surface area contributed by atoms with Crippen molar-refractivity contribution in [1.29, 1.82) is 0 Å². The number of aryl methyl sites for hydroxylation is 1. The zero-order chi connectivity index (χ0) is 18.8. The minimum atomic E-state index is -0.403. The number of thiophene rings is 1. The van der Waals surface area contributed by atoms with Gasteiger partial charge in [-0.1, -0.05) is 0 Å². The number of esters is 1. The zero-order valence-electron chi connectivity index (χ0n) is 14.7. The summed E-state index contributed by atoms with van der Waals surface area (Å²) in [6.45, 7) is 6.20. The van der Waals surface area contributed by atoms with Crippen LogP contribution >= 0.6 is 22.9 Å². The Labute approximate surface area is 159 Å². The summed E-state index contributed by atoms with van der Waals surface area (Å²) in [5, 5.41) is 0.919. The number of methoxy groups -OCH3 is 1. The standard InChI is InChI=1S/C16H19ClN4O4S/c1-4-25-16(23)21-7-5-20(6-8-21)12-10-9(2)11(14(22)24-3)26-13(10)19-15(17)18-12/h4-8H2,1-3H3. The molecule has 0 spiro atoms. The molecule has 0 bridgehead atoms. The number of anilines is 1. The lowest BCUT2D eigenvalue weighted by molar-refractivity contribution is 0.0605. The number of carbonyl (C=O) groups excluding carboxylic acids is 2. The Morgan fingerprint density at radius 2 is 1.92 bits per heavy atom. The number of hydrogen-bond acceptors (Lipinski definition) is 8. The maximum absolute atomic E-state index is 12.0. The van der Waals surface area contributed by atoms with Crippen molar-refractivity contribution in [2.45, 2.75) is 13.8 Å². The third kappa shape index (κ3) is 3.41. The summed E-state index contributed by atoms with van der Waals surface area (Å²) in [5.41, 5.74) is 0.774. The van der Waals surface area contributed by atoms with E-state index < -0.39 is 5.97 Å². The van der Waals surface area contributed by atoms with Gasteiger partial charge < -0.3 is 19.3 Å². The van der Waals surface area contributed by atoms with Crippen molar-refractivity contribution in [3.63, 3.8) is 0 Å². The molecule has 0 aliphatic carbocycles. The molecular formula is C16H19ClN4O4S. The molecule has 26 heavy (non-hydrogen) atoms. The van der Waals surface area contributed by atoms with E-state index in [1.54, 1.807) is 11.8 Å². The van der Waals surface area contributed by atoms with Gasteiger partial charge >= 0.3 is 12.1 Å². The molecule has 0 radical (unpaired) electrons. The maximum Gasteiger partial charge on any atom is 0.409 e. The number of carbonyl (C=O) groups is 2. The summed E-state index contributed by atoms with van der Waals surface area (Å²) in [4.78, 5) is 37.3. The van der Waals surface area contributed by atoms with E-state index in [2.05, 4.69) is 9.97 Å². The van der Waals surface area contributed by atoms with Crippen LogP contribution in [0, 0.1) is 6.92 Å². The molecule has 0 saturated carbocycles. The molecule has 2 aromatic heterocycles. The van der Waals surface area contributed by atoms with Gasteiger partial charge in [0.15, 0.2) is 0 Å². The highest BCUT2D eigenvalue weighted by Crippen LogP contribution is 2.36. The topological polar surface area (TPSA) is 84.9 Å². The van der Waals surface area contributed by atoms with Crippen molar-refractivity contribution >= 4 is 51.0 Å². The molecule has 8 nitrogen and oxygen atoms in total. The van der Waals surface area contributed by atoms with Crippen LogP contribution in [-0.4, -0.2) is 66.8 Å². The summed E-state index contributed by atoms with van der Waals surface area (Å²) < 4.78 is 9.89. The maximum atomic E-state index is 12.0. The number of fused-ring (bicyclic) bond motifs is 1. The molecule has 0 unspecified atom stereocenters. The van der Waals surface area contributed by atoms with Crippen LogP contribution in [0.25, 0.3) is 10.2 Å². The fourth-order valence-electron chi connectivity index (χ4n) is 2.92. The minimum Gasteiger partial charge on any atom is -0.465 e. The largest absolute Gasteiger partial charge is 0.465 e. The quantitative estimate of drug-likeness (QED) is 0.580. The fourth-order valence-corrected chi connectivity index (χ4v) is 4.23. The molecule has 1 aliphatic heterocycles. The average Bonchev–Trinajstić information content (AvgIpc) is 2.97. The third-order valence-electron chi connectivity index (χ3n) is 4.22. The number of halogens is 1. The normalized spacial score (nSPS) is 14.6. The second-order valence-corrected chi connectivity index (χ2v) is 7.05. The number of hydrogen-bond donors (Lipinski definition) is 0. The van der Waals surface area contributed by atoms with Crippen LogP contribution in [0.1, 0.15) is 22.2 Å². The highest BCUT2D eigenvalue weighted by atomic mass is 35.5. The van der Waals surface area contributed by atoms with E-state index >= 15 is 0 Å². The van der Waals surface area contributed by atoms with Crippen LogP contribution < -0.4 is 4.90 Å². The monoisotopic (exact) mass is 398 g/mol. The number of piperazine rings is 1. The van der Waals surface area contributed by atoms with Crippen LogP contribution in [0.2, 0.25) is 5.28 Å². The van der Waals surface area contributed by atoms with E-state index in [0.717, 1.165) is 10.9 Å². The molecular weight excluding hydrogens is 380 g/mol. The molecule has 3 rings (SSSR count). The third-order valence-corrected chi connectivity index (χ3v) is 5.55. The summed E-state index contributed by atoms with van der Waals surface area (Å²) in [6, 6.07) is 0. The van der Waals surface area contributed by atoms with Gasteiger partial charge in [-0.2, -0.15) is 4.98 Å². The Morgan fingerprint density at radius 1 is 1.23 bits per heavy atom. The Balaban J connectivity index is 1.92. The van der Waals surface area contributed by atoms with Gasteiger partial charge in [0, 0.05) is 26.2 Å². The van der Waals surface area contributed by atoms with Crippen LogP contribution in [0.3, 0.4) is 0 Å². The molecule has 1 amide bonds. The summed E-state index contributed by atoms with van der Waals surface area (Å²) in [5.74, 6) is 0.270. The summed E-state index contributed by atoms with van der Waals surface area (Å²) >= 11 is 7.34. The molecule has 1 aliphatic rings. The van der Waals surface area contributed by atoms with Crippen molar-refractivity contribution < 1.29 is 19.1 Å². The molecule has 3 heterocycles. The first-order valence-electron chi connectivity index (χ1n) is 8.17. The van der Waals surface area contributed by atoms with E-state index in [1.807, 2.05) is 11.8 Å². The predicted octanol–water partition coefficient (Wildman–Crippen LogP) is 2.72. The first-order chi connectivity index (χ1) is 12.5. The Morgan fingerprint density at radius 3 is 2.54 bits per heavy atom. The second-order valence-electron chi connectivity index (χ2n) is 5.72. The number of ether oxygens (including phenoxy) is 2. The van der Waals surface area contributed by atoms with Crippen molar-refractivity contribution in [2.75, 3.05) is 44.8 Å². The lowest BCUT2D eigenvalue weighted by Gasteiger charge is -2.35. The number of nitrogens with zero attached hydrogens (tertiary/aromatic N) is 4. The number of amides is 1. The van der Waals surface area contributed by atoms with Crippen molar-refractivity contribution in [2.24, 2.45) is 0 Å². The van der Waals surface area contributed by atoms with Crippen molar-refractivity contribution in [3.05, 3.63) is 15.7 Å². The molecule has 0 N–H and O–H groups in total. The zero-order valence-corrected chi connectivity index (χ0v) is 16.3. The molecule has 1 saturated heterocycles. The number of rotatable bonds is 3. The highest BCUT2D eigenvalue weighted by molar-refractivity contribution is 7.20. The van der Waals surface area contributed by atoms with Gasteiger partial charge in [0.2, 0.25) is 5.28 Å². The van der Waals surface area contributed by atoms with E-state index in [-0.39, 0.29) is 11.4 Å². The first-order valence-corrected chi connectivity index (χ1v) is 9.37. The lowest BCUT2D eigenvalue weighted by Crippen LogP contribution is -2.49. The van der Waals surface area contributed by atoms with Gasteiger partial charge in [0.25, 0.3) is 0 Å². The van der Waals surface area contributed by atoms with Gasteiger partial charge in [-0.05, 0) is 31.0 Å². The predicted molar refractivity (Wildman–Crippen MR) is 99.3 cm³/mol. The molecule has 0 atom stereocenters. The second kappa shape index (κ2) is 7.63. The Hall–Kier alpha value is -2.13. The molecule has 1 fully saturated rings. The van der Waals surface area contributed by atoms with Gasteiger partial charge in [0.1, 0.15) is 15.5 Å². The highest BCUT2D eigenvalue weighted by Gasteiger charge is 2.27. The van der Waals surface area contributed by atoms with E-state index in [1.165, 1.54) is 18.4 Å². The number of aromatic nitrogens is 2. The van der Waals surface area contributed by atoms with Crippen LogP contribution in [0.5, 0.6) is 0 Å².